The standard InChI is InChI=1S/C21H27NO4S/c1-15-10-20(25-4)21(11-16(15)2)27(23,24)22-13-17(3)26-19(14-22)12-18-8-6-5-7-9-18/h5-11,17,19H,12-14H2,1-4H3. The van der Waals surface area contributed by atoms with Crippen molar-refractivity contribution in [2.45, 2.75) is 44.3 Å². The van der Waals surface area contributed by atoms with Crippen LogP contribution in [0.25, 0.3) is 0 Å². The molecule has 2 unspecified atom stereocenters. The molecule has 1 aliphatic heterocycles. The summed E-state index contributed by atoms with van der Waals surface area (Å²) in [5, 5.41) is 0. The molecule has 1 aliphatic rings. The van der Waals surface area contributed by atoms with Crippen LogP contribution in [0.15, 0.2) is 47.4 Å². The Morgan fingerprint density at radius 2 is 1.78 bits per heavy atom. The number of hydrogen-bond acceptors (Lipinski definition) is 4. The smallest absolute Gasteiger partial charge is 0.246 e. The lowest BCUT2D eigenvalue weighted by Gasteiger charge is -2.36. The molecule has 2 atom stereocenters. The third-order valence-corrected chi connectivity index (χ3v) is 6.85. The summed E-state index contributed by atoms with van der Waals surface area (Å²) in [5.74, 6) is 0.386. The molecule has 5 nitrogen and oxygen atoms in total. The first kappa shape index (κ1) is 19.9. The zero-order valence-corrected chi connectivity index (χ0v) is 17.1. The average molecular weight is 390 g/mol. The topological polar surface area (TPSA) is 55.8 Å². The Kier molecular flexibility index (Phi) is 5.89. The van der Waals surface area contributed by atoms with Gasteiger partial charge >= 0.3 is 0 Å². The van der Waals surface area contributed by atoms with Crippen LogP contribution in [0.1, 0.15) is 23.6 Å². The fraction of sp³-hybridized carbons (Fsp3) is 0.429. The lowest BCUT2D eigenvalue weighted by Crippen LogP contribution is -2.49. The second-order valence-electron chi connectivity index (χ2n) is 7.17. The van der Waals surface area contributed by atoms with E-state index >= 15 is 0 Å². The molecule has 0 amide bonds. The number of benzene rings is 2. The monoisotopic (exact) mass is 389 g/mol. The second-order valence-corrected chi connectivity index (χ2v) is 9.07. The van der Waals surface area contributed by atoms with E-state index in [2.05, 4.69) is 0 Å². The van der Waals surface area contributed by atoms with E-state index in [-0.39, 0.29) is 17.1 Å². The van der Waals surface area contributed by atoms with Crippen molar-refractivity contribution >= 4 is 10.0 Å². The lowest BCUT2D eigenvalue weighted by molar-refractivity contribution is -0.0529. The van der Waals surface area contributed by atoms with E-state index in [0.29, 0.717) is 25.3 Å². The van der Waals surface area contributed by atoms with E-state index in [4.69, 9.17) is 9.47 Å². The van der Waals surface area contributed by atoms with Crippen LogP contribution in [0.5, 0.6) is 5.75 Å². The summed E-state index contributed by atoms with van der Waals surface area (Å²) in [5.41, 5.74) is 3.07. The summed E-state index contributed by atoms with van der Waals surface area (Å²) in [6.07, 6.45) is 0.338. The maximum Gasteiger partial charge on any atom is 0.246 e. The van der Waals surface area contributed by atoms with Gasteiger partial charge in [-0.25, -0.2) is 8.42 Å². The van der Waals surface area contributed by atoms with Gasteiger partial charge in [-0.2, -0.15) is 4.31 Å². The molecule has 0 radical (unpaired) electrons. The highest BCUT2D eigenvalue weighted by Crippen LogP contribution is 2.31. The minimum atomic E-state index is -3.67. The number of rotatable bonds is 5. The normalized spacial score (nSPS) is 21.2. The van der Waals surface area contributed by atoms with Gasteiger partial charge < -0.3 is 9.47 Å². The maximum atomic E-state index is 13.4. The zero-order valence-electron chi connectivity index (χ0n) is 16.3. The van der Waals surface area contributed by atoms with Gasteiger partial charge in [0.05, 0.1) is 19.3 Å². The predicted molar refractivity (Wildman–Crippen MR) is 106 cm³/mol. The Morgan fingerprint density at radius 1 is 1.11 bits per heavy atom. The van der Waals surface area contributed by atoms with Crippen LogP contribution in [-0.2, 0) is 21.2 Å². The van der Waals surface area contributed by atoms with Gasteiger partial charge in [-0.15, -0.1) is 0 Å². The van der Waals surface area contributed by atoms with E-state index in [9.17, 15) is 8.42 Å². The van der Waals surface area contributed by atoms with Crippen LogP contribution >= 0.6 is 0 Å². The first-order chi connectivity index (χ1) is 12.8. The molecule has 0 spiro atoms. The fourth-order valence-electron chi connectivity index (χ4n) is 3.45. The first-order valence-corrected chi connectivity index (χ1v) is 10.6. The number of morpholine rings is 1. The SMILES string of the molecule is COc1cc(C)c(C)cc1S(=O)(=O)N1CC(C)OC(Cc2ccccc2)C1. The summed E-state index contributed by atoms with van der Waals surface area (Å²) in [4.78, 5) is 0.223. The molecule has 0 saturated carbocycles. The van der Waals surface area contributed by atoms with Crippen LogP contribution in [-0.4, -0.2) is 45.1 Å². The van der Waals surface area contributed by atoms with Gasteiger partial charge in [-0.3, -0.25) is 0 Å². The molecule has 0 N–H and O–H groups in total. The molecule has 3 rings (SSSR count). The molecule has 146 valence electrons. The van der Waals surface area contributed by atoms with Crippen molar-refractivity contribution in [2.75, 3.05) is 20.2 Å². The number of ether oxygens (including phenoxy) is 2. The Labute approximate surface area is 162 Å². The van der Waals surface area contributed by atoms with Crippen LogP contribution < -0.4 is 4.74 Å². The molecule has 1 saturated heterocycles. The molecular formula is C21H27NO4S. The third kappa shape index (κ3) is 4.34. The van der Waals surface area contributed by atoms with E-state index in [1.165, 1.54) is 11.4 Å². The van der Waals surface area contributed by atoms with Gasteiger partial charge in [0, 0.05) is 13.1 Å². The molecule has 1 fully saturated rings. The van der Waals surface area contributed by atoms with Crippen LogP contribution in [0.4, 0.5) is 0 Å². The highest BCUT2D eigenvalue weighted by Gasteiger charge is 2.35. The van der Waals surface area contributed by atoms with Crippen LogP contribution in [0.2, 0.25) is 0 Å². The summed E-state index contributed by atoms with van der Waals surface area (Å²) in [6.45, 7) is 6.44. The van der Waals surface area contributed by atoms with E-state index in [0.717, 1.165) is 16.7 Å². The number of sulfonamides is 1. The Morgan fingerprint density at radius 3 is 2.44 bits per heavy atom. The molecular weight excluding hydrogens is 362 g/mol. The molecule has 0 aromatic heterocycles. The minimum absolute atomic E-state index is 0.167. The zero-order chi connectivity index (χ0) is 19.6. The van der Waals surface area contributed by atoms with Crippen molar-refractivity contribution < 1.29 is 17.9 Å². The Bertz CT molecular complexity index is 896. The number of methoxy groups -OCH3 is 1. The first-order valence-electron chi connectivity index (χ1n) is 9.16. The summed E-state index contributed by atoms with van der Waals surface area (Å²) < 4.78 is 39.6. The van der Waals surface area contributed by atoms with Crippen molar-refractivity contribution in [3.8, 4) is 5.75 Å². The van der Waals surface area contributed by atoms with Crippen molar-refractivity contribution in [2.24, 2.45) is 0 Å². The largest absolute Gasteiger partial charge is 0.495 e. The number of hydrogen-bond donors (Lipinski definition) is 0. The summed E-state index contributed by atoms with van der Waals surface area (Å²) in [7, 11) is -2.17. The Hall–Kier alpha value is -1.89. The molecule has 6 heteroatoms. The van der Waals surface area contributed by atoms with Crippen LogP contribution in [0.3, 0.4) is 0 Å². The predicted octanol–water partition coefficient (Wildman–Crippen LogP) is 3.33. The summed E-state index contributed by atoms with van der Waals surface area (Å²) in [6, 6.07) is 13.5. The molecule has 0 aliphatic carbocycles. The van der Waals surface area contributed by atoms with Gasteiger partial charge in [0.1, 0.15) is 10.6 Å². The molecule has 2 aromatic rings. The number of nitrogens with zero attached hydrogens (tertiary/aromatic N) is 1. The molecule has 27 heavy (non-hydrogen) atoms. The molecule has 0 bridgehead atoms. The fourth-order valence-corrected chi connectivity index (χ4v) is 5.22. The lowest BCUT2D eigenvalue weighted by atomic mass is 10.1. The average Bonchev–Trinajstić information content (AvgIpc) is 2.64. The van der Waals surface area contributed by atoms with E-state index < -0.39 is 10.0 Å². The van der Waals surface area contributed by atoms with Gasteiger partial charge in [0.25, 0.3) is 0 Å². The van der Waals surface area contributed by atoms with E-state index in [1.54, 1.807) is 12.1 Å². The quantitative estimate of drug-likeness (QED) is 0.787. The molecule has 1 heterocycles. The van der Waals surface area contributed by atoms with Crippen molar-refractivity contribution in [1.82, 2.24) is 4.31 Å². The minimum Gasteiger partial charge on any atom is -0.495 e. The van der Waals surface area contributed by atoms with Crippen molar-refractivity contribution in [3.05, 3.63) is 59.2 Å². The van der Waals surface area contributed by atoms with E-state index in [1.807, 2.05) is 51.1 Å². The maximum absolute atomic E-state index is 13.4. The number of aryl methyl sites for hydroxylation is 2. The molecule has 2 aromatic carbocycles. The summed E-state index contributed by atoms with van der Waals surface area (Å²) >= 11 is 0. The Balaban J connectivity index is 1.88. The van der Waals surface area contributed by atoms with Gasteiger partial charge in [-0.05, 0) is 56.0 Å². The van der Waals surface area contributed by atoms with Crippen molar-refractivity contribution in [1.29, 1.82) is 0 Å². The van der Waals surface area contributed by atoms with Gasteiger partial charge in [0.15, 0.2) is 0 Å². The third-order valence-electron chi connectivity index (χ3n) is 5.00. The van der Waals surface area contributed by atoms with Crippen LogP contribution in [0, 0.1) is 13.8 Å². The van der Waals surface area contributed by atoms with Crippen molar-refractivity contribution in [3.63, 3.8) is 0 Å². The highest BCUT2D eigenvalue weighted by molar-refractivity contribution is 7.89. The van der Waals surface area contributed by atoms with Gasteiger partial charge in [-0.1, -0.05) is 30.3 Å². The second kappa shape index (κ2) is 8.00. The highest BCUT2D eigenvalue weighted by atomic mass is 32.2. The van der Waals surface area contributed by atoms with Gasteiger partial charge in [0.2, 0.25) is 10.0 Å².